The summed E-state index contributed by atoms with van der Waals surface area (Å²) in [6.07, 6.45) is 1.40. The number of anilines is 4. The summed E-state index contributed by atoms with van der Waals surface area (Å²) in [5.74, 6) is -10.3. The smallest absolute Gasteiger partial charge is 0.301 e. The van der Waals surface area contributed by atoms with Crippen molar-refractivity contribution in [2.75, 3.05) is 54.4 Å². The third-order valence-electron chi connectivity index (χ3n) is 11.6. The summed E-state index contributed by atoms with van der Waals surface area (Å²) in [4.78, 5) is 107. The van der Waals surface area contributed by atoms with Crippen LogP contribution in [-0.2, 0) is 19.2 Å². The summed E-state index contributed by atoms with van der Waals surface area (Å²) in [5.41, 5.74) is -3.70. The van der Waals surface area contributed by atoms with E-state index in [2.05, 4.69) is 0 Å². The summed E-state index contributed by atoms with van der Waals surface area (Å²) >= 11 is 0. The number of hydrogen-bond acceptors (Lipinski definition) is 16. The monoisotopic (exact) mass is 828 g/mol. The quantitative estimate of drug-likeness (QED) is 0.120. The van der Waals surface area contributed by atoms with Crippen LogP contribution in [0.5, 0.6) is 11.5 Å². The van der Waals surface area contributed by atoms with Gasteiger partial charge >= 0.3 is 22.7 Å². The first-order valence-electron chi connectivity index (χ1n) is 18.5. The van der Waals surface area contributed by atoms with Crippen molar-refractivity contribution in [1.82, 2.24) is 0 Å². The number of ether oxygens (including phenoxy) is 1. The van der Waals surface area contributed by atoms with Crippen molar-refractivity contribution in [3.05, 3.63) is 100 Å². The Balaban J connectivity index is 1.38. The molecule has 22 heteroatoms. The van der Waals surface area contributed by atoms with Gasteiger partial charge < -0.3 is 19.6 Å². The lowest BCUT2D eigenvalue weighted by molar-refractivity contribution is -0.392. The second-order valence-electron chi connectivity index (χ2n) is 15.2. The van der Waals surface area contributed by atoms with Crippen molar-refractivity contribution >= 4 is 69.1 Å². The van der Waals surface area contributed by atoms with Gasteiger partial charge in [0, 0.05) is 58.4 Å². The third-order valence-corrected chi connectivity index (χ3v) is 11.6. The fraction of sp³-hybridized carbons (Fsp3) is 0.368. The zero-order valence-corrected chi connectivity index (χ0v) is 32.5. The molecule has 22 nitrogen and oxygen atoms in total. The van der Waals surface area contributed by atoms with Gasteiger partial charge in [0.1, 0.15) is 0 Å². The van der Waals surface area contributed by atoms with Gasteiger partial charge in [-0.15, -0.1) is 0 Å². The molecular formula is C38H36N8O14. The van der Waals surface area contributed by atoms with Crippen molar-refractivity contribution < 1.29 is 48.7 Å². The Labute approximate surface area is 338 Å². The molecule has 2 aliphatic heterocycles. The number of amides is 4. The summed E-state index contributed by atoms with van der Waals surface area (Å²) in [7, 11) is 5.43. The first-order valence-corrected chi connectivity index (χ1v) is 18.5. The highest BCUT2D eigenvalue weighted by molar-refractivity contribution is 6.24. The third kappa shape index (κ3) is 6.17. The van der Waals surface area contributed by atoms with Gasteiger partial charge in [-0.25, -0.2) is 9.80 Å². The van der Waals surface area contributed by atoms with Gasteiger partial charge in [-0.3, -0.25) is 59.6 Å². The van der Waals surface area contributed by atoms with Crippen molar-refractivity contribution in [1.29, 1.82) is 0 Å². The number of phenols is 1. The predicted octanol–water partition coefficient (Wildman–Crippen LogP) is 4.60. The molecule has 3 aromatic carbocycles. The van der Waals surface area contributed by atoms with Crippen LogP contribution in [0.15, 0.2) is 54.1 Å². The summed E-state index contributed by atoms with van der Waals surface area (Å²) in [6.45, 7) is 1.80. The van der Waals surface area contributed by atoms with Crippen LogP contribution in [0.1, 0.15) is 31.2 Å². The second kappa shape index (κ2) is 14.7. The maximum atomic E-state index is 14.7. The minimum Gasteiger partial charge on any atom is -0.504 e. The number of carbonyl (C=O) groups excluding carboxylic acids is 4. The van der Waals surface area contributed by atoms with E-state index >= 15 is 0 Å². The average Bonchev–Trinajstić information content (AvgIpc) is 3.59. The van der Waals surface area contributed by atoms with Crippen LogP contribution in [0.3, 0.4) is 0 Å². The van der Waals surface area contributed by atoms with Crippen molar-refractivity contribution in [3.8, 4) is 11.5 Å². The normalized spacial score (nSPS) is 23.1. The molecule has 0 spiro atoms. The molecule has 0 radical (unpaired) electrons. The van der Waals surface area contributed by atoms with E-state index in [0.29, 0.717) is 20.9 Å². The van der Waals surface area contributed by atoms with Crippen LogP contribution in [-0.4, -0.2) is 83.2 Å². The Morgan fingerprint density at radius 3 is 1.55 bits per heavy atom. The molecule has 6 unspecified atom stereocenters. The second-order valence-corrected chi connectivity index (χ2v) is 15.2. The van der Waals surface area contributed by atoms with Crippen LogP contribution >= 0.6 is 0 Å². The molecule has 0 aromatic heterocycles. The van der Waals surface area contributed by atoms with E-state index in [1.165, 1.54) is 51.3 Å². The van der Waals surface area contributed by atoms with E-state index in [4.69, 9.17) is 4.74 Å². The highest BCUT2D eigenvalue weighted by Crippen LogP contribution is 2.59. The highest BCUT2D eigenvalue weighted by atomic mass is 16.6. The molecule has 2 saturated heterocycles. The van der Waals surface area contributed by atoms with Crippen LogP contribution in [0.4, 0.5) is 45.5 Å². The highest BCUT2D eigenvalue weighted by Gasteiger charge is 2.63. The Hall–Kier alpha value is -7.52. The molecule has 3 fully saturated rings. The lowest BCUT2D eigenvalue weighted by atomic mass is 9.57. The van der Waals surface area contributed by atoms with E-state index < -0.39 is 113 Å². The number of carbonyl (C=O) groups is 4. The Kier molecular flexibility index (Phi) is 9.96. The molecule has 2 aliphatic carbocycles. The number of nitrogens with zero attached hydrogens (tertiary/aromatic N) is 8. The average molecular weight is 829 g/mol. The van der Waals surface area contributed by atoms with E-state index in [1.54, 1.807) is 13.0 Å². The Morgan fingerprint density at radius 1 is 0.667 bits per heavy atom. The summed E-state index contributed by atoms with van der Waals surface area (Å²) in [5, 5.41) is 59.4. The van der Waals surface area contributed by atoms with Gasteiger partial charge in [0.15, 0.2) is 22.9 Å². The standard InChI is InChI=1S/C38H36N8O14/c1-6-60-29-11-17(7-10-28(29)47)30-20-8-9-21-31(37(50)41(35(21)48)18-12-24(43(52)53)33(39(2)3)25(13-18)44(54)55)22(20)16-23-32(30)38(51)42(36(23)49)19-14-26(45(56)57)34(40(4)5)27(15-19)46(58)59/h7-8,10-15,21-23,30-32,47H,6,9,16H2,1-5H3. The van der Waals surface area contributed by atoms with Gasteiger partial charge in [-0.2, -0.15) is 0 Å². The minimum absolute atomic E-state index is 0.0322. The SMILES string of the molecule is CCOc1cc(C2C3=CCC4C(=O)N(c5cc([N+](=O)[O-])c(N(C)C)c([N+](=O)[O-])c5)C(=O)C4C3CC3C(=O)N(c4cc([N+](=O)[O-])c(N(C)C)c([N+](=O)[O-])c4)C(=O)C32)ccc1O. The molecule has 4 amide bonds. The topological polar surface area (TPSA) is 283 Å². The number of allylic oxidation sites excluding steroid dienone is 2. The Bertz CT molecular complexity index is 2430. The number of nitro groups is 4. The molecule has 60 heavy (non-hydrogen) atoms. The van der Waals surface area contributed by atoms with Gasteiger partial charge in [0.05, 0.1) is 61.3 Å². The van der Waals surface area contributed by atoms with E-state index in [-0.39, 0.29) is 42.3 Å². The van der Waals surface area contributed by atoms with Crippen LogP contribution < -0.4 is 24.3 Å². The van der Waals surface area contributed by atoms with E-state index in [9.17, 15) is 64.7 Å². The largest absolute Gasteiger partial charge is 0.504 e. The number of rotatable bonds is 11. The lowest BCUT2D eigenvalue weighted by Crippen LogP contribution is -2.43. The molecule has 4 aliphatic rings. The van der Waals surface area contributed by atoms with Crippen molar-refractivity contribution in [2.45, 2.75) is 25.7 Å². The summed E-state index contributed by atoms with van der Waals surface area (Å²) < 4.78 is 5.63. The van der Waals surface area contributed by atoms with E-state index in [1.807, 2.05) is 0 Å². The zero-order valence-electron chi connectivity index (χ0n) is 32.5. The van der Waals surface area contributed by atoms with E-state index in [0.717, 1.165) is 29.2 Å². The molecular weight excluding hydrogens is 792 g/mol. The minimum atomic E-state index is -1.25. The van der Waals surface area contributed by atoms with Gasteiger partial charge in [-0.05, 0) is 43.4 Å². The predicted molar refractivity (Wildman–Crippen MR) is 210 cm³/mol. The number of imide groups is 2. The zero-order chi connectivity index (χ0) is 43.8. The maximum Gasteiger partial charge on any atom is 0.301 e. The molecule has 2 heterocycles. The number of benzene rings is 3. The van der Waals surface area contributed by atoms with Crippen molar-refractivity contribution in [2.24, 2.45) is 29.6 Å². The van der Waals surface area contributed by atoms with Gasteiger partial charge in [0.25, 0.3) is 0 Å². The molecule has 0 bridgehead atoms. The molecule has 312 valence electrons. The number of aromatic hydroxyl groups is 1. The molecule has 1 N–H and O–H groups in total. The number of phenolic OH excluding ortho intramolecular Hbond substituents is 1. The van der Waals surface area contributed by atoms with Crippen LogP contribution in [0, 0.1) is 70.0 Å². The molecule has 1 saturated carbocycles. The Morgan fingerprint density at radius 2 is 1.12 bits per heavy atom. The molecule has 3 aromatic rings. The number of hydrogen-bond donors (Lipinski definition) is 1. The molecule has 6 atom stereocenters. The van der Waals surface area contributed by atoms with Crippen LogP contribution in [0.25, 0.3) is 0 Å². The maximum absolute atomic E-state index is 14.7. The van der Waals surface area contributed by atoms with Crippen molar-refractivity contribution in [3.63, 3.8) is 0 Å². The first-order chi connectivity index (χ1) is 28.3. The number of fused-ring (bicyclic) bond motifs is 4. The lowest BCUT2D eigenvalue weighted by Gasteiger charge is -2.44. The fourth-order valence-electron chi connectivity index (χ4n) is 9.38. The van der Waals surface area contributed by atoms with Gasteiger partial charge in [0.2, 0.25) is 23.6 Å². The van der Waals surface area contributed by atoms with Gasteiger partial charge in [-0.1, -0.05) is 17.7 Å². The van der Waals surface area contributed by atoms with Crippen LogP contribution in [0.2, 0.25) is 0 Å². The number of nitro benzene ring substituents is 4. The fourth-order valence-corrected chi connectivity index (χ4v) is 9.38. The summed E-state index contributed by atoms with van der Waals surface area (Å²) in [6, 6.07) is 7.90. The first kappa shape index (κ1) is 40.7. The molecule has 7 rings (SSSR count).